The first-order valence-corrected chi connectivity index (χ1v) is 9.34. The van der Waals surface area contributed by atoms with Crippen LogP contribution in [0.25, 0.3) is 10.2 Å². The van der Waals surface area contributed by atoms with Crippen molar-refractivity contribution >= 4 is 39.1 Å². The van der Waals surface area contributed by atoms with Crippen LogP contribution < -0.4 is 4.80 Å². The number of rotatable bonds is 5. The Morgan fingerprint density at radius 2 is 2.10 bits per heavy atom. The number of fused-ring (bicyclic) bond motifs is 1. The van der Waals surface area contributed by atoms with Crippen molar-refractivity contribution in [1.29, 1.82) is 0 Å². The number of ether oxygens (including phenoxy) is 1. The summed E-state index contributed by atoms with van der Waals surface area (Å²) < 4.78 is 7.28. The summed E-state index contributed by atoms with van der Waals surface area (Å²) in [6, 6.07) is 9.37. The van der Waals surface area contributed by atoms with E-state index < -0.39 is 16.8 Å². The fraction of sp³-hybridized carbons (Fsp3) is 0.150. The monoisotopic (exact) mass is 411 g/mol. The van der Waals surface area contributed by atoms with Gasteiger partial charge in [0.05, 0.1) is 33.4 Å². The number of esters is 1. The third kappa shape index (κ3) is 3.85. The number of benzene rings is 2. The third-order valence-electron chi connectivity index (χ3n) is 4.35. The number of hydrogen-bond acceptors (Lipinski definition) is 6. The number of hydrogen-bond donors (Lipinski definition) is 0. The van der Waals surface area contributed by atoms with Gasteiger partial charge in [0.25, 0.3) is 11.6 Å². The summed E-state index contributed by atoms with van der Waals surface area (Å²) in [5, 5.41) is 11.1. The molecule has 0 aliphatic heterocycles. The summed E-state index contributed by atoms with van der Waals surface area (Å²) >= 11 is 1.23. The van der Waals surface area contributed by atoms with E-state index >= 15 is 0 Å². The topological polar surface area (TPSA) is 104 Å². The molecular formula is C20H17N3O5S. The van der Waals surface area contributed by atoms with Gasteiger partial charge >= 0.3 is 5.97 Å². The lowest BCUT2D eigenvalue weighted by molar-refractivity contribution is -0.385. The van der Waals surface area contributed by atoms with Gasteiger partial charge in [-0.05, 0) is 31.2 Å². The molecular weight excluding hydrogens is 394 g/mol. The first-order chi connectivity index (χ1) is 13.9. The molecule has 0 saturated heterocycles. The number of carbonyl (C=O) groups is 2. The molecule has 9 heteroatoms. The Kier molecular flexibility index (Phi) is 5.69. The fourth-order valence-corrected chi connectivity index (χ4v) is 3.99. The second-order valence-electron chi connectivity index (χ2n) is 6.08. The van der Waals surface area contributed by atoms with Gasteiger partial charge < -0.3 is 9.30 Å². The average molecular weight is 411 g/mol. The molecule has 3 rings (SSSR count). The zero-order chi connectivity index (χ0) is 21.1. The lowest BCUT2D eigenvalue weighted by Crippen LogP contribution is -2.16. The lowest BCUT2D eigenvalue weighted by Gasteiger charge is -2.03. The summed E-state index contributed by atoms with van der Waals surface area (Å²) in [5.74, 6) is -1.04. The molecule has 8 nitrogen and oxygen atoms in total. The molecule has 0 aliphatic rings. The lowest BCUT2D eigenvalue weighted by atomic mass is 10.1. The van der Waals surface area contributed by atoms with E-state index in [0.29, 0.717) is 16.9 Å². The van der Waals surface area contributed by atoms with Crippen molar-refractivity contribution in [3.05, 3.63) is 80.7 Å². The third-order valence-corrected chi connectivity index (χ3v) is 5.39. The van der Waals surface area contributed by atoms with Crippen LogP contribution in [0.4, 0.5) is 5.69 Å². The number of carbonyl (C=O) groups excluding carboxylic acids is 2. The highest BCUT2D eigenvalue weighted by Crippen LogP contribution is 2.23. The van der Waals surface area contributed by atoms with E-state index in [0.717, 1.165) is 10.2 Å². The second-order valence-corrected chi connectivity index (χ2v) is 7.09. The molecule has 0 spiro atoms. The summed E-state index contributed by atoms with van der Waals surface area (Å²) in [5.41, 5.74) is 1.46. The van der Waals surface area contributed by atoms with E-state index in [1.165, 1.54) is 43.6 Å². The van der Waals surface area contributed by atoms with Crippen LogP contribution in [0.3, 0.4) is 0 Å². The van der Waals surface area contributed by atoms with Crippen LogP contribution in [0, 0.1) is 17.0 Å². The maximum Gasteiger partial charge on any atom is 0.337 e. The predicted octanol–water partition coefficient (Wildman–Crippen LogP) is 3.63. The molecule has 1 heterocycles. The van der Waals surface area contributed by atoms with Crippen LogP contribution in [-0.4, -0.2) is 28.5 Å². The smallest absolute Gasteiger partial charge is 0.337 e. The number of methoxy groups -OCH3 is 1. The average Bonchev–Trinajstić information content (AvgIpc) is 3.03. The van der Waals surface area contributed by atoms with Crippen LogP contribution in [0.15, 0.2) is 54.0 Å². The van der Waals surface area contributed by atoms with Crippen molar-refractivity contribution in [2.45, 2.75) is 13.5 Å². The molecule has 0 bridgehead atoms. The van der Waals surface area contributed by atoms with Crippen LogP contribution in [0.5, 0.6) is 0 Å². The molecule has 29 heavy (non-hydrogen) atoms. The number of nitro groups is 1. The van der Waals surface area contributed by atoms with E-state index in [-0.39, 0.29) is 16.8 Å². The highest BCUT2D eigenvalue weighted by atomic mass is 32.1. The minimum atomic E-state index is -0.580. The highest BCUT2D eigenvalue weighted by molar-refractivity contribution is 7.16. The number of amides is 1. The molecule has 0 aliphatic carbocycles. The molecule has 0 N–H and O–H groups in total. The molecule has 0 radical (unpaired) electrons. The van der Waals surface area contributed by atoms with E-state index in [4.69, 9.17) is 4.74 Å². The van der Waals surface area contributed by atoms with Gasteiger partial charge in [0.15, 0.2) is 4.80 Å². The van der Waals surface area contributed by atoms with Gasteiger partial charge in [-0.2, -0.15) is 4.99 Å². The Morgan fingerprint density at radius 1 is 1.34 bits per heavy atom. The molecule has 0 fully saturated rings. The van der Waals surface area contributed by atoms with Gasteiger partial charge in [0.1, 0.15) is 0 Å². The van der Waals surface area contributed by atoms with E-state index in [1.807, 2.05) is 0 Å². The molecule has 0 atom stereocenters. The Hall–Kier alpha value is -3.59. The predicted molar refractivity (Wildman–Crippen MR) is 109 cm³/mol. The number of aromatic nitrogens is 1. The fourth-order valence-electron chi connectivity index (χ4n) is 2.91. The standard InChI is InChI=1S/C20H17N3O5S/c1-4-10-22-16-9-8-13(19(25)28-3)11-17(16)29-20(22)21-18(24)14-6-5-7-15(12(14)2)23(26)27/h4-9,11H,1,10H2,2-3H3. The molecule has 3 aromatic rings. The molecule has 1 amide bonds. The normalized spacial score (nSPS) is 11.4. The maximum absolute atomic E-state index is 12.8. The first kappa shape index (κ1) is 20.2. The van der Waals surface area contributed by atoms with E-state index in [1.54, 1.807) is 28.8 Å². The largest absolute Gasteiger partial charge is 0.465 e. The minimum Gasteiger partial charge on any atom is -0.465 e. The van der Waals surface area contributed by atoms with Crippen molar-refractivity contribution < 1.29 is 19.2 Å². The summed E-state index contributed by atoms with van der Waals surface area (Å²) in [7, 11) is 1.31. The molecule has 2 aromatic carbocycles. The van der Waals surface area contributed by atoms with E-state index in [9.17, 15) is 19.7 Å². The van der Waals surface area contributed by atoms with Crippen molar-refractivity contribution in [3.63, 3.8) is 0 Å². The molecule has 1 aromatic heterocycles. The van der Waals surface area contributed by atoms with Crippen LogP contribution in [0.1, 0.15) is 26.3 Å². The molecule has 0 unspecified atom stereocenters. The van der Waals surface area contributed by atoms with Crippen LogP contribution in [0.2, 0.25) is 0 Å². The van der Waals surface area contributed by atoms with Crippen molar-refractivity contribution in [1.82, 2.24) is 4.57 Å². The zero-order valence-electron chi connectivity index (χ0n) is 15.7. The minimum absolute atomic E-state index is 0.135. The van der Waals surface area contributed by atoms with Crippen molar-refractivity contribution in [2.24, 2.45) is 4.99 Å². The molecule has 0 saturated carbocycles. The number of nitrogens with zero attached hydrogens (tertiary/aromatic N) is 3. The zero-order valence-corrected chi connectivity index (χ0v) is 16.6. The first-order valence-electron chi connectivity index (χ1n) is 8.53. The van der Waals surface area contributed by atoms with Gasteiger partial charge in [-0.25, -0.2) is 4.79 Å². The SMILES string of the molecule is C=CCn1c(=NC(=O)c2cccc([N+](=O)[O-])c2C)sc2cc(C(=O)OC)ccc21. The Labute approximate surface area is 169 Å². The van der Waals surface area contributed by atoms with Gasteiger partial charge in [0.2, 0.25) is 0 Å². The van der Waals surface area contributed by atoms with Crippen LogP contribution >= 0.6 is 11.3 Å². The Morgan fingerprint density at radius 3 is 2.76 bits per heavy atom. The van der Waals surface area contributed by atoms with Crippen molar-refractivity contribution in [2.75, 3.05) is 7.11 Å². The summed E-state index contributed by atoms with van der Waals surface area (Å²) in [6.45, 7) is 5.65. The van der Waals surface area contributed by atoms with Gasteiger partial charge in [0, 0.05) is 18.2 Å². The maximum atomic E-state index is 12.8. The highest BCUT2D eigenvalue weighted by Gasteiger charge is 2.18. The number of thiazole rings is 1. The van der Waals surface area contributed by atoms with Crippen LogP contribution in [-0.2, 0) is 11.3 Å². The van der Waals surface area contributed by atoms with Crippen molar-refractivity contribution in [3.8, 4) is 0 Å². The van der Waals surface area contributed by atoms with Gasteiger partial charge in [-0.1, -0.05) is 23.5 Å². The van der Waals surface area contributed by atoms with Gasteiger partial charge in [-0.3, -0.25) is 14.9 Å². The Balaban J connectivity index is 2.16. The number of allylic oxidation sites excluding steroid dienone is 1. The Bertz CT molecular complexity index is 1220. The summed E-state index contributed by atoms with van der Waals surface area (Å²) in [6.07, 6.45) is 1.67. The second kappa shape index (κ2) is 8.19. The quantitative estimate of drug-likeness (QED) is 0.276. The summed E-state index contributed by atoms with van der Waals surface area (Å²) in [4.78, 5) is 39.8. The molecule has 148 valence electrons. The van der Waals surface area contributed by atoms with E-state index in [2.05, 4.69) is 11.6 Å². The number of nitro benzene ring substituents is 1. The van der Waals surface area contributed by atoms with Gasteiger partial charge in [-0.15, -0.1) is 6.58 Å².